The zero-order chi connectivity index (χ0) is 14.8. The van der Waals surface area contributed by atoms with Gasteiger partial charge in [0.05, 0.1) is 0 Å². The minimum Gasteiger partial charge on any atom is -0.262 e. The molecule has 4 heteroatoms. The van der Waals surface area contributed by atoms with Crippen molar-refractivity contribution >= 4 is 46.6 Å². The van der Waals surface area contributed by atoms with Gasteiger partial charge in [0, 0.05) is 0 Å². The van der Waals surface area contributed by atoms with Crippen LogP contribution in [0.5, 0.6) is 0 Å². The average molecular weight is 337 g/mol. The van der Waals surface area contributed by atoms with Crippen molar-refractivity contribution in [3.05, 3.63) is 71.8 Å². The molecule has 0 radical (unpaired) electrons. The highest BCUT2D eigenvalue weighted by molar-refractivity contribution is 7.06. The normalized spacial score (nSPS) is 9.40. The maximum atomic E-state index is 6.49. The first-order chi connectivity index (χ1) is 9.58. The molecule has 2 aromatic carbocycles. The molecule has 0 aliphatic rings. The Morgan fingerprint density at radius 3 is 1.30 bits per heavy atom. The molecule has 2 aromatic rings. The van der Waals surface area contributed by atoms with Crippen LogP contribution >= 0.6 is 20.1 Å². The Balaban J connectivity index is 0.000000444. The lowest BCUT2D eigenvalue weighted by molar-refractivity contribution is 1.29. The Morgan fingerprint density at radius 1 is 0.700 bits per heavy atom. The number of rotatable bonds is 4. The van der Waals surface area contributed by atoms with Crippen LogP contribution in [0.2, 0.25) is 11.6 Å². The molecule has 0 unspecified atom stereocenters. The van der Waals surface area contributed by atoms with Gasteiger partial charge in [0.2, 0.25) is 0 Å². The van der Waals surface area contributed by atoms with Crippen LogP contribution in [-0.2, 0) is 10.6 Å². The van der Waals surface area contributed by atoms with E-state index in [0.717, 1.165) is 10.6 Å². The Morgan fingerprint density at radius 2 is 1.00 bits per heavy atom. The zero-order valence-electron chi connectivity index (χ0n) is 12.1. The third kappa shape index (κ3) is 9.10. The van der Waals surface area contributed by atoms with E-state index in [2.05, 4.69) is 60.1 Å². The van der Waals surface area contributed by atoms with E-state index in [4.69, 9.17) is 20.1 Å². The van der Waals surface area contributed by atoms with Gasteiger partial charge in [-0.2, -0.15) is 0 Å². The summed E-state index contributed by atoms with van der Waals surface area (Å²) in [5.41, 5.74) is 2.73. The van der Waals surface area contributed by atoms with Gasteiger partial charge in [0.1, 0.15) is 0 Å². The second kappa shape index (κ2) is 10.8. The molecule has 0 heterocycles. The van der Waals surface area contributed by atoms with Gasteiger partial charge in [0.15, 0.2) is 0 Å². The number of benzene rings is 2. The van der Waals surface area contributed by atoms with Crippen molar-refractivity contribution in [2.75, 3.05) is 0 Å². The SMILES string of the molecule is [CH3][Al]([CH3])[Cl].[Cl][Al]([CH2]c1ccccc1)[CH2]c1ccccc1. The highest BCUT2D eigenvalue weighted by Gasteiger charge is 2.15. The molecule has 0 amide bonds. The summed E-state index contributed by atoms with van der Waals surface area (Å²) >= 11 is -1.85. The second-order valence-electron chi connectivity index (χ2n) is 4.99. The fourth-order valence-corrected chi connectivity index (χ4v) is 4.59. The summed E-state index contributed by atoms with van der Waals surface area (Å²) in [5.74, 6) is 4.14. The predicted octanol–water partition coefficient (Wildman–Crippen LogP) is 5.26. The second-order valence-corrected chi connectivity index (χ2v) is 13.5. The highest BCUT2D eigenvalue weighted by Crippen LogP contribution is 2.10. The van der Waals surface area contributed by atoms with Crippen molar-refractivity contribution in [1.82, 2.24) is 0 Å². The van der Waals surface area contributed by atoms with E-state index in [0.29, 0.717) is 0 Å². The Hall–Kier alpha value is 0.0849. The van der Waals surface area contributed by atoms with E-state index >= 15 is 0 Å². The van der Waals surface area contributed by atoms with Gasteiger partial charge in [-0.15, -0.1) is 0 Å². The molecular formula is C16H20Al2Cl2. The summed E-state index contributed by atoms with van der Waals surface area (Å²) in [7, 11) is 11.9. The van der Waals surface area contributed by atoms with Crippen molar-refractivity contribution < 1.29 is 0 Å². The maximum absolute atomic E-state index is 6.49. The topological polar surface area (TPSA) is 0 Å². The van der Waals surface area contributed by atoms with Crippen LogP contribution in [0.4, 0.5) is 0 Å². The Kier molecular flexibility index (Phi) is 9.76. The third-order valence-corrected chi connectivity index (χ3v) is 5.35. The van der Waals surface area contributed by atoms with Crippen molar-refractivity contribution in [3.8, 4) is 0 Å². The van der Waals surface area contributed by atoms with Crippen LogP contribution in [0.3, 0.4) is 0 Å². The average Bonchev–Trinajstić information content (AvgIpc) is 2.40. The van der Waals surface area contributed by atoms with Crippen LogP contribution in [-0.4, -0.2) is 26.5 Å². The quantitative estimate of drug-likeness (QED) is 0.668. The summed E-state index contributed by atoms with van der Waals surface area (Å²) in [4.78, 5) is 0. The molecule has 0 aromatic heterocycles. The van der Waals surface area contributed by atoms with Crippen LogP contribution < -0.4 is 0 Å². The van der Waals surface area contributed by atoms with E-state index in [-0.39, 0.29) is 0 Å². The van der Waals surface area contributed by atoms with Gasteiger partial charge < -0.3 is 0 Å². The molecule has 0 spiro atoms. The van der Waals surface area contributed by atoms with Crippen molar-refractivity contribution in [3.63, 3.8) is 0 Å². The minimum atomic E-state index is -1.18. The highest BCUT2D eigenvalue weighted by atomic mass is 35.6. The lowest BCUT2D eigenvalue weighted by Gasteiger charge is -2.04. The fraction of sp³-hybridized carbons (Fsp3) is 0.250. The monoisotopic (exact) mass is 336 g/mol. The fourth-order valence-electron chi connectivity index (χ4n) is 1.81. The first kappa shape index (κ1) is 18.1. The largest absolute Gasteiger partial charge is 0.408 e. The first-order valence-electron chi connectivity index (χ1n) is 6.94. The molecule has 2 rings (SSSR count). The summed E-state index contributed by atoms with van der Waals surface area (Å²) in [5, 5.41) is 2.13. The molecule has 0 aliphatic heterocycles. The van der Waals surface area contributed by atoms with Crippen LogP contribution in [0.1, 0.15) is 11.1 Å². The molecule has 0 atom stereocenters. The Bertz CT molecular complexity index is 416. The number of hydrogen-bond acceptors (Lipinski definition) is 0. The van der Waals surface area contributed by atoms with Gasteiger partial charge in [-0.05, 0) is 0 Å². The summed E-state index contributed by atoms with van der Waals surface area (Å²) in [6, 6.07) is 21.1. The molecule has 0 nitrogen and oxygen atoms in total. The lowest BCUT2D eigenvalue weighted by atomic mass is 10.2. The predicted molar refractivity (Wildman–Crippen MR) is 95.2 cm³/mol. The standard InChI is InChI=1S/2C7H7.2CH3.2Al.2ClH/c2*1-7-5-3-2-4-6-7;;;;;;/h2*2-6H,1H2;2*1H3;;;2*1H/q;;;;2*+1;;/p-2. The summed E-state index contributed by atoms with van der Waals surface area (Å²) in [6.07, 6.45) is 0. The van der Waals surface area contributed by atoms with Crippen LogP contribution in [0, 0.1) is 0 Å². The van der Waals surface area contributed by atoms with Crippen molar-refractivity contribution in [1.29, 1.82) is 0 Å². The lowest BCUT2D eigenvalue weighted by Crippen LogP contribution is -2.13. The van der Waals surface area contributed by atoms with E-state index in [1.54, 1.807) is 0 Å². The molecule has 0 bridgehead atoms. The molecule has 0 aliphatic carbocycles. The minimum absolute atomic E-state index is 0.667. The molecule has 0 saturated carbocycles. The van der Waals surface area contributed by atoms with Gasteiger partial charge in [-0.1, -0.05) is 93.9 Å². The maximum Gasteiger partial charge on any atom is 0.408 e. The number of hydrogen-bond donors (Lipinski definition) is 0. The Labute approximate surface area is 139 Å². The van der Waals surface area contributed by atoms with Gasteiger partial charge in [0.25, 0.3) is 0 Å². The molecule has 0 fully saturated rings. The molecular weight excluding hydrogens is 317 g/mol. The molecule has 20 heavy (non-hydrogen) atoms. The van der Waals surface area contributed by atoms with E-state index < -0.39 is 26.5 Å². The van der Waals surface area contributed by atoms with E-state index in [1.807, 2.05) is 12.1 Å². The van der Waals surface area contributed by atoms with Gasteiger partial charge in [-0.25, -0.2) is 0 Å². The van der Waals surface area contributed by atoms with E-state index in [9.17, 15) is 0 Å². The first-order valence-corrected chi connectivity index (χ1v) is 14.4. The van der Waals surface area contributed by atoms with E-state index in [1.165, 1.54) is 11.1 Å². The third-order valence-electron chi connectivity index (χ3n) is 2.60. The molecule has 0 N–H and O–H groups in total. The van der Waals surface area contributed by atoms with Gasteiger partial charge >= 0.3 is 26.5 Å². The van der Waals surface area contributed by atoms with Crippen molar-refractivity contribution in [2.24, 2.45) is 0 Å². The molecule has 104 valence electrons. The summed E-state index contributed by atoms with van der Waals surface area (Å²) < 4.78 is 0. The smallest absolute Gasteiger partial charge is 0.262 e. The zero-order valence-corrected chi connectivity index (χ0v) is 15.9. The van der Waals surface area contributed by atoms with Crippen LogP contribution in [0.25, 0.3) is 0 Å². The molecule has 0 saturated heterocycles. The van der Waals surface area contributed by atoms with Crippen LogP contribution in [0.15, 0.2) is 60.7 Å². The number of halogens is 2. The summed E-state index contributed by atoms with van der Waals surface area (Å²) in [6.45, 7) is 0. The van der Waals surface area contributed by atoms with Gasteiger partial charge in [-0.3, -0.25) is 20.1 Å². The van der Waals surface area contributed by atoms with Crippen molar-refractivity contribution in [2.45, 2.75) is 22.1 Å².